The van der Waals surface area contributed by atoms with Crippen LogP contribution in [0.4, 0.5) is 5.82 Å². The summed E-state index contributed by atoms with van der Waals surface area (Å²) < 4.78 is 24.3. The fourth-order valence-corrected chi connectivity index (χ4v) is 4.68. The number of hydrogen-bond donors (Lipinski definition) is 0. The fourth-order valence-electron chi connectivity index (χ4n) is 4.68. The molecule has 2 aromatic carbocycles. The maximum Gasteiger partial charge on any atom is 0.254 e. The molecule has 0 saturated carbocycles. The third-order valence-corrected chi connectivity index (χ3v) is 6.56. The number of amides is 1. The lowest BCUT2D eigenvalue weighted by molar-refractivity contribution is 0.0745. The number of carbonyl (C=O) groups is 1. The number of fused-ring (bicyclic) bond motifs is 1. The van der Waals surface area contributed by atoms with E-state index in [4.69, 9.17) is 18.9 Å². The second kappa shape index (κ2) is 12.1. The predicted octanol–water partition coefficient (Wildman–Crippen LogP) is 3.38. The maximum atomic E-state index is 13.5. The molecule has 12 heteroatoms. The van der Waals surface area contributed by atoms with Crippen molar-refractivity contribution < 1.29 is 23.7 Å². The van der Waals surface area contributed by atoms with Crippen molar-refractivity contribution in [3.63, 3.8) is 0 Å². The van der Waals surface area contributed by atoms with Gasteiger partial charge in [0.15, 0.2) is 28.5 Å². The Labute approximate surface area is 232 Å². The van der Waals surface area contributed by atoms with Gasteiger partial charge in [0, 0.05) is 31.7 Å². The van der Waals surface area contributed by atoms with Crippen LogP contribution < -0.4 is 23.8 Å². The van der Waals surface area contributed by atoms with Gasteiger partial charge in [-0.15, -0.1) is 5.10 Å². The van der Waals surface area contributed by atoms with Gasteiger partial charge in [0.25, 0.3) is 5.91 Å². The Kier molecular flexibility index (Phi) is 8.13. The summed E-state index contributed by atoms with van der Waals surface area (Å²) in [4.78, 5) is 26.4. The van der Waals surface area contributed by atoms with Crippen LogP contribution in [0.15, 0.2) is 42.7 Å². The zero-order chi connectivity index (χ0) is 28.1. The van der Waals surface area contributed by atoms with E-state index in [1.807, 2.05) is 49.9 Å². The van der Waals surface area contributed by atoms with Crippen molar-refractivity contribution in [3.8, 4) is 28.7 Å². The van der Waals surface area contributed by atoms with Gasteiger partial charge in [0.05, 0.1) is 32.6 Å². The number of rotatable bonds is 10. The minimum Gasteiger partial charge on any atom is -0.497 e. The lowest BCUT2D eigenvalue weighted by Gasteiger charge is -2.35. The van der Waals surface area contributed by atoms with Gasteiger partial charge in [-0.05, 0) is 57.2 Å². The molecule has 1 aliphatic rings. The number of nitrogens with zero attached hydrogens (tertiary/aromatic N) is 7. The third-order valence-electron chi connectivity index (χ3n) is 6.56. The van der Waals surface area contributed by atoms with E-state index in [0.29, 0.717) is 85.8 Å². The third kappa shape index (κ3) is 5.29. The Bertz CT molecular complexity index is 1440. The van der Waals surface area contributed by atoms with Crippen LogP contribution in [0.25, 0.3) is 16.9 Å². The quantitative estimate of drug-likeness (QED) is 0.292. The van der Waals surface area contributed by atoms with Crippen molar-refractivity contribution in [2.75, 3.05) is 58.0 Å². The molecule has 0 spiro atoms. The van der Waals surface area contributed by atoms with Gasteiger partial charge >= 0.3 is 0 Å². The molecular formula is C28H33N7O5. The van der Waals surface area contributed by atoms with Crippen molar-refractivity contribution in [2.45, 2.75) is 20.8 Å². The molecule has 0 aliphatic carbocycles. The Morgan fingerprint density at radius 1 is 0.875 bits per heavy atom. The molecule has 3 heterocycles. The number of carbonyl (C=O) groups excluding carboxylic acids is 1. The maximum absolute atomic E-state index is 13.5. The van der Waals surface area contributed by atoms with E-state index in [0.717, 1.165) is 11.4 Å². The molecule has 0 bridgehead atoms. The van der Waals surface area contributed by atoms with Gasteiger partial charge < -0.3 is 28.7 Å². The zero-order valence-corrected chi connectivity index (χ0v) is 23.2. The topological polar surface area (TPSA) is 117 Å². The molecule has 0 N–H and O–H groups in total. The Hall–Kier alpha value is -4.61. The highest BCUT2D eigenvalue weighted by atomic mass is 16.5. The number of ether oxygens (including phenoxy) is 4. The molecule has 0 unspecified atom stereocenters. The summed E-state index contributed by atoms with van der Waals surface area (Å²) in [6.45, 7) is 9.22. The summed E-state index contributed by atoms with van der Waals surface area (Å²) in [6.07, 6.45) is 1.52. The number of piperazine rings is 1. The first-order valence-corrected chi connectivity index (χ1v) is 13.4. The number of methoxy groups -OCH3 is 1. The highest BCUT2D eigenvalue weighted by Gasteiger charge is 2.27. The minimum atomic E-state index is -0.0945. The molecule has 0 radical (unpaired) electrons. The standard InChI is InChI=1S/C28H33N7O5/c1-5-38-22-16-19(17-23(39-6-2)25(22)40-7-3)28(36)34-14-12-33(13-15-34)26-24-27(30-18-29-26)35(32-31-24)20-8-10-21(37-4)11-9-20/h8-11,16-18H,5-7,12-15H2,1-4H3. The fraction of sp³-hybridized carbons (Fsp3) is 0.393. The predicted molar refractivity (Wildman–Crippen MR) is 149 cm³/mol. The van der Waals surface area contributed by atoms with Crippen molar-refractivity contribution in [1.29, 1.82) is 0 Å². The van der Waals surface area contributed by atoms with Crippen LogP contribution in [-0.2, 0) is 0 Å². The average molecular weight is 548 g/mol. The van der Waals surface area contributed by atoms with E-state index in [9.17, 15) is 4.79 Å². The van der Waals surface area contributed by atoms with E-state index in [1.165, 1.54) is 6.33 Å². The summed E-state index contributed by atoms with van der Waals surface area (Å²) in [5.41, 5.74) is 2.52. The highest BCUT2D eigenvalue weighted by Crippen LogP contribution is 2.39. The van der Waals surface area contributed by atoms with Crippen molar-refractivity contribution >= 4 is 22.9 Å². The monoisotopic (exact) mass is 547 g/mol. The van der Waals surface area contributed by atoms with Crippen LogP contribution in [0.1, 0.15) is 31.1 Å². The molecule has 1 saturated heterocycles. The zero-order valence-electron chi connectivity index (χ0n) is 23.2. The molecule has 210 valence electrons. The summed E-state index contributed by atoms with van der Waals surface area (Å²) >= 11 is 0. The summed E-state index contributed by atoms with van der Waals surface area (Å²) in [6, 6.07) is 11.0. The second-order valence-electron chi connectivity index (χ2n) is 8.95. The van der Waals surface area contributed by atoms with E-state index in [1.54, 1.807) is 23.9 Å². The molecule has 5 rings (SSSR count). The molecule has 1 aliphatic heterocycles. The summed E-state index contributed by atoms with van der Waals surface area (Å²) in [5.74, 6) is 2.87. The highest BCUT2D eigenvalue weighted by molar-refractivity contribution is 5.96. The van der Waals surface area contributed by atoms with Crippen molar-refractivity contribution in [1.82, 2.24) is 29.9 Å². The summed E-state index contributed by atoms with van der Waals surface area (Å²) in [5, 5.41) is 8.71. The summed E-state index contributed by atoms with van der Waals surface area (Å²) in [7, 11) is 1.63. The second-order valence-corrected chi connectivity index (χ2v) is 8.95. The van der Waals surface area contributed by atoms with Gasteiger partial charge in [0.2, 0.25) is 5.75 Å². The average Bonchev–Trinajstić information content (AvgIpc) is 3.43. The van der Waals surface area contributed by atoms with E-state index in [2.05, 4.69) is 25.2 Å². The van der Waals surface area contributed by atoms with Crippen molar-refractivity contribution in [3.05, 3.63) is 48.3 Å². The molecule has 1 fully saturated rings. The Morgan fingerprint density at radius 3 is 2.12 bits per heavy atom. The smallest absolute Gasteiger partial charge is 0.254 e. The molecule has 2 aromatic heterocycles. The number of anilines is 1. The Balaban J connectivity index is 1.34. The first-order valence-electron chi connectivity index (χ1n) is 13.4. The number of hydrogen-bond acceptors (Lipinski definition) is 10. The normalized spacial score (nSPS) is 13.4. The van der Waals surface area contributed by atoms with Crippen LogP contribution in [0, 0.1) is 0 Å². The Morgan fingerprint density at radius 2 is 1.52 bits per heavy atom. The van der Waals surface area contributed by atoms with Gasteiger partial charge in [0.1, 0.15) is 12.1 Å². The molecule has 12 nitrogen and oxygen atoms in total. The van der Waals surface area contributed by atoms with Gasteiger partial charge in [-0.25, -0.2) is 9.97 Å². The van der Waals surface area contributed by atoms with Crippen LogP contribution in [0.3, 0.4) is 0 Å². The lowest BCUT2D eigenvalue weighted by atomic mass is 10.1. The molecular weight excluding hydrogens is 514 g/mol. The molecule has 40 heavy (non-hydrogen) atoms. The van der Waals surface area contributed by atoms with E-state index < -0.39 is 0 Å². The molecule has 0 atom stereocenters. The van der Waals surface area contributed by atoms with Crippen molar-refractivity contribution in [2.24, 2.45) is 0 Å². The molecule has 1 amide bonds. The van der Waals surface area contributed by atoms with Gasteiger partial charge in [-0.2, -0.15) is 4.68 Å². The number of aromatic nitrogens is 5. The first kappa shape index (κ1) is 27.0. The van der Waals surface area contributed by atoms with Crippen LogP contribution >= 0.6 is 0 Å². The molecule has 4 aromatic rings. The van der Waals surface area contributed by atoms with E-state index in [-0.39, 0.29) is 5.91 Å². The largest absolute Gasteiger partial charge is 0.497 e. The number of benzene rings is 2. The van der Waals surface area contributed by atoms with E-state index >= 15 is 0 Å². The lowest BCUT2D eigenvalue weighted by Crippen LogP contribution is -2.49. The minimum absolute atomic E-state index is 0.0945. The van der Waals surface area contributed by atoms with Gasteiger partial charge in [-0.3, -0.25) is 4.79 Å². The van der Waals surface area contributed by atoms with Gasteiger partial charge in [-0.1, -0.05) is 5.21 Å². The van der Waals surface area contributed by atoms with Crippen LogP contribution in [0.5, 0.6) is 23.0 Å². The first-order chi connectivity index (χ1) is 19.6. The van der Waals surface area contributed by atoms with Crippen LogP contribution in [-0.4, -0.2) is 88.9 Å². The van der Waals surface area contributed by atoms with Crippen LogP contribution in [0.2, 0.25) is 0 Å². The SMILES string of the molecule is CCOc1cc(C(=O)N2CCN(c3ncnc4c3nnn4-c3ccc(OC)cc3)CC2)cc(OCC)c1OCC.